The zero-order valence-electron chi connectivity index (χ0n) is 25.0. The average Bonchev–Trinajstić information content (AvgIpc) is 3.42. The summed E-state index contributed by atoms with van der Waals surface area (Å²) in [4.78, 5) is 35.0. The number of anilines is 1. The molecule has 0 aliphatic carbocycles. The Morgan fingerprint density at radius 3 is 2.53 bits per heavy atom. The summed E-state index contributed by atoms with van der Waals surface area (Å²) in [7, 11) is 4.12. The van der Waals surface area contributed by atoms with E-state index < -0.39 is 17.5 Å². The molecule has 0 aliphatic rings. The quantitative estimate of drug-likeness (QED) is 0.197. The molecule has 0 aliphatic heterocycles. The Hall–Kier alpha value is -5.42. The minimum Gasteiger partial charge on any atom is -0.429 e. The highest BCUT2D eigenvalue weighted by atomic mass is 19.1. The molecule has 228 valence electrons. The Morgan fingerprint density at radius 2 is 1.80 bits per heavy atom. The fourth-order valence-electron chi connectivity index (χ4n) is 5.65. The zero-order valence-corrected chi connectivity index (χ0v) is 25.0. The minimum absolute atomic E-state index is 0.000794. The van der Waals surface area contributed by atoms with Gasteiger partial charge in [0, 0.05) is 22.6 Å². The monoisotopic (exact) mass is 606 g/mol. The van der Waals surface area contributed by atoms with Crippen LogP contribution in [-0.2, 0) is 11.2 Å². The van der Waals surface area contributed by atoms with Gasteiger partial charge in [0.1, 0.15) is 41.2 Å². The molecule has 45 heavy (non-hydrogen) atoms. The Bertz CT molecular complexity index is 2090. The van der Waals surface area contributed by atoms with Gasteiger partial charge in [-0.25, -0.2) is 23.8 Å². The van der Waals surface area contributed by atoms with Crippen molar-refractivity contribution in [3.05, 3.63) is 101 Å². The van der Waals surface area contributed by atoms with Gasteiger partial charge in [0.05, 0.1) is 10.8 Å². The number of fused-ring (bicyclic) bond motifs is 2. The normalized spacial score (nSPS) is 12.2. The molecule has 1 atom stereocenters. The second kappa shape index (κ2) is 12.3. The number of hydrogen-bond acceptors (Lipinski definition) is 9. The lowest BCUT2D eigenvalue weighted by Gasteiger charge is -2.18. The number of halogens is 1. The molecule has 2 N–H and O–H groups in total. The van der Waals surface area contributed by atoms with Crippen molar-refractivity contribution in [1.29, 1.82) is 0 Å². The number of carbonyl (C=O) groups is 1. The van der Waals surface area contributed by atoms with Gasteiger partial charge in [0.25, 0.3) is 6.47 Å². The Morgan fingerprint density at radius 1 is 1.04 bits per heavy atom. The number of nitrogens with zero attached hydrogens (tertiary/aromatic N) is 5. The van der Waals surface area contributed by atoms with Crippen LogP contribution in [-0.4, -0.2) is 51.8 Å². The Balaban J connectivity index is 1.52. The molecule has 11 heteroatoms. The molecule has 1 unspecified atom stereocenters. The van der Waals surface area contributed by atoms with E-state index in [1.165, 1.54) is 24.0 Å². The second-order valence-electron chi connectivity index (χ2n) is 11.1. The summed E-state index contributed by atoms with van der Waals surface area (Å²) in [5.74, 6) is -0.139. The summed E-state index contributed by atoms with van der Waals surface area (Å²) in [6, 6.07) is 18.7. The van der Waals surface area contributed by atoms with Crippen LogP contribution < -0.4 is 16.1 Å². The van der Waals surface area contributed by atoms with Gasteiger partial charge in [0.15, 0.2) is 5.65 Å². The lowest BCUT2D eigenvalue weighted by atomic mass is 9.94. The summed E-state index contributed by atoms with van der Waals surface area (Å²) in [6.45, 7) is 3.05. The Kier molecular flexibility index (Phi) is 8.10. The standard InChI is InChI=1S/C34H31FN6O4/c1-20(41-33-29(32(36)37-18-38-33)30(39-41)23-15-24(35)17-25(16-23)44-19-42)31-28(26-8-4-5-9-27(26)34(43)45-31)22-12-10-21(11-13-22)7-6-14-40(2)3/h4-5,8-13,15-20H,6-7,14H2,1-3H3,(H2,36,37,38). The molecule has 0 radical (unpaired) electrons. The third kappa shape index (κ3) is 5.77. The van der Waals surface area contributed by atoms with Crippen LogP contribution in [0.5, 0.6) is 5.75 Å². The van der Waals surface area contributed by atoms with E-state index in [0.29, 0.717) is 27.7 Å². The first-order chi connectivity index (χ1) is 21.7. The van der Waals surface area contributed by atoms with Crippen LogP contribution in [0.1, 0.15) is 30.7 Å². The number of carbonyl (C=O) groups excluding carboxylic acids is 1. The molecule has 0 fully saturated rings. The summed E-state index contributed by atoms with van der Waals surface area (Å²) in [5, 5.41) is 6.37. The topological polar surface area (TPSA) is 129 Å². The molecule has 3 aromatic heterocycles. The maximum Gasteiger partial charge on any atom is 0.343 e. The molecule has 0 amide bonds. The van der Waals surface area contributed by atoms with E-state index in [2.05, 4.69) is 41.1 Å². The van der Waals surface area contributed by atoms with Crippen LogP contribution in [0, 0.1) is 5.82 Å². The predicted molar refractivity (Wildman–Crippen MR) is 170 cm³/mol. The summed E-state index contributed by atoms with van der Waals surface area (Å²) >= 11 is 0. The molecule has 3 heterocycles. The van der Waals surface area contributed by atoms with Crippen LogP contribution in [0.4, 0.5) is 10.2 Å². The zero-order chi connectivity index (χ0) is 31.7. The first-order valence-corrected chi connectivity index (χ1v) is 14.4. The smallest absolute Gasteiger partial charge is 0.343 e. The van der Waals surface area contributed by atoms with Gasteiger partial charge >= 0.3 is 5.63 Å². The lowest BCUT2D eigenvalue weighted by Crippen LogP contribution is -2.14. The maximum absolute atomic E-state index is 14.6. The molecule has 0 saturated carbocycles. The summed E-state index contributed by atoms with van der Waals surface area (Å²) < 4.78 is 27.1. The molecule has 6 aromatic rings. The van der Waals surface area contributed by atoms with Crippen molar-refractivity contribution >= 4 is 34.1 Å². The number of hydrogen-bond donors (Lipinski definition) is 1. The number of aryl methyl sites for hydroxylation is 1. The van der Waals surface area contributed by atoms with Crippen LogP contribution in [0.2, 0.25) is 0 Å². The number of nitrogens with two attached hydrogens (primary N) is 1. The van der Waals surface area contributed by atoms with Gasteiger partial charge in [-0.15, -0.1) is 0 Å². The molecule has 3 aromatic carbocycles. The van der Waals surface area contributed by atoms with Crippen molar-refractivity contribution in [2.75, 3.05) is 26.4 Å². The molecular formula is C34H31FN6O4. The summed E-state index contributed by atoms with van der Waals surface area (Å²) in [6.07, 6.45) is 3.28. The first kappa shape index (κ1) is 29.6. The minimum atomic E-state index is -0.665. The molecule has 0 saturated heterocycles. The van der Waals surface area contributed by atoms with E-state index >= 15 is 0 Å². The Labute approximate surface area is 257 Å². The lowest BCUT2D eigenvalue weighted by molar-refractivity contribution is -0.120. The number of nitrogen functional groups attached to an aromatic ring is 1. The van der Waals surface area contributed by atoms with Crippen LogP contribution in [0.25, 0.3) is 44.2 Å². The number of benzene rings is 3. The first-order valence-electron chi connectivity index (χ1n) is 14.4. The van der Waals surface area contributed by atoms with Gasteiger partial charge in [-0.05, 0) is 69.7 Å². The third-order valence-electron chi connectivity index (χ3n) is 7.77. The maximum atomic E-state index is 14.6. The van der Waals surface area contributed by atoms with Crippen LogP contribution >= 0.6 is 0 Å². The molecule has 10 nitrogen and oxygen atoms in total. The van der Waals surface area contributed by atoms with Gasteiger partial charge in [0.2, 0.25) is 0 Å². The molecule has 0 bridgehead atoms. The third-order valence-corrected chi connectivity index (χ3v) is 7.77. The fourth-order valence-corrected chi connectivity index (χ4v) is 5.65. The van der Waals surface area contributed by atoms with E-state index in [-0.39, 0.29) is 23.7 Å². The van der Waals surface area contributed by atoms with E-state index in [0.717, 1.165) is 42.0 Å². The van der Waals surface area contributed by atoms with Crippen LogP contribution in [0.15, 0.2) is 82.3 Å². The summed E-state index contributed by atoms with van der Waals surface area (Å²) in [5.41, 5.74) is 9.58. The van der Waals surface area contributed by atoms with Crippen molar-refractivity contribution in [3.63, 3.8) is 0 Å². The van der Waals surface area contributed by atoms with Gasteiger partial charge in [-0.1, -0.05) is 42.5 Å². The fraction of sp³-hybridized carbons (Fsp3) is 0.206. The highest BCUT2D eigenvalue weighted by molar-refractivity contribution is 5.99. The van der Waals surface area contributed by atoms with Crippen LogP contribution in [0.3, 0.4) is 0 Å². The SMILES string of the molecule is CC(c1oc(=O)c2ccccc2c1-c1ccc(CCCN(C)C)cc1)n1nc(-c2cc(F)cc(OC=O)c2)c2c(N)ncnc21. The second-order valence-corrected chi connectivity index (χ2v) is 11.1. The average molecular weight is 607 g/mol. The highest BCUT2D eigenvalue weighted by Crippen LogP contribution is 2.39. The largest absolute Gasteiger partial charge is 0.429 e. The molecular weight excluding hydrogens is 575 g/mol. The molecule has 0 spiro atoms. The van der Waals surface area contributed by atoms with Crippen molar-refractivity contribution in [2.24, 2.45) is 0 Å². The number of rotatable bonds is 10. The van der Waals surface area contributed by atoms with Gasteiger partial charge < -0.3 is 19.8 Å². The van der Waals surface area contributed by atoms with E-state index in [9.17, 15) is 14.0 Å². The number of aromatic nitrogens is 4. The van der Waals surface area contributed by atoms with E-state index in [1.807, 2.05) is 31.2 Å². The highest BCUT2D eigenvalue weighted by Gasteiger charge is 2.27. The molecule has 6 rings (SSSR count). The number of ether oxygens (including phenoxy) is 1. The van der Waals surface area contributed by atoms with Gasteiger partial charge in [-0.3, -0.25) is 4.79 Å². The van der Waals surface area contributed by atoms with E-state index in [4.69, 9.17) is 20.0 Å². The predicted octanol–water partition coefficient (Wildman–Crippen LogP) is 5.63. The van der Waals surface area contributed by atoms with Gasteiger partial charge in [-0.2, -0.15) is 5.10 Å². The van der Waals surface area contributed by atoms with Crippen molar-refractivity contribution < 1.29 is 18.3 Å². The van der Waals surface area contributed by atoms with Crippen molar-refractivity contribution in [1.82, 2.24) is 24.6 Å². The van der Waals surface area contributed by atoms with Crippen molar-refractivity contribution in [3.8, 4) is 28.1 Å². The van der Waals surface area contributed by atoms with Crippen molar-refractivity contribution in [2.45, 2.75) is 25.8 Å². The van der Waals surface area contributed by atoms with E-state index in [1.54, 1.807) is 16.8 Å².